The molecule has 0 spiro atoms. The van der Waals surface area contributed by atoms with E-state index in [0.29, 0.717) is 11.8 Å². The molecule has 1 heterocycles. The minimum atomic E-state index is -0.810. The quantitative estimate of drug-likeness (QED) is 0.743. The number of carboxylic acids is 1. The Morgan fingerprint density at radius 3 is 2.63 bits per heavy atom. The first-order chi connectivity index (χ1) is 9.15. The van der Waals surface area contributed by atoms with Crippen molar-refractivity contribution in [1.82, 2.24) is 14.8 Å². The van der Waals surface area contributed by atoms with Gasteiger partial charge in [-0.25, -0.2) is 0 Å². The fourth-order valence-corrected chi connectivity index (χ4v) is 2.83. The van der Waals surface area contributed by atoms with Crippen LogP contribution in [0.4, 0.5) is 0 Å². The third kappa shape index (κ3) is 3.72. The Labute approximate surface area is 117 Å². The number of aromatic nitrogens is 3. The zero-order valence-electron chi connectivity index (χ0n) is 11.5. The van der Waals surface area contributed by atoms with Crippen molar-refractivity contribution in [3.63, 3.8) is 0 Å². The number of carbonyl (C=O) groups is 1. The summed E-state index contributed by atoms with van der Waals surface area (Å²) in [4.78, 5) is 10.7. The highest BCUT2D eigenvalue weighted by Gasteiger charge is 2.31. The van der Waals surface area contributed by atoms with E-state index in [1.54, 1.807) is 0 Å². The average Bonchev–Trinajstić information content (AvgIpc) is 3.16. The molecule has 5 nitrogen and oxygen atoms in total. The van der Waals surface area contributed by atoms with Crippen molar-refractivity contribution in [1.29, 1.82) is 0 Å². The summed E-state index contributed by atoms with van der Waals surface area (Å²) in [7, 11) is 0. The Bertz CT molecular complexity index is 439. The minimum Gasteiger partial charge on any atom is -0.481 e. The monoisotopic (exact) mass is 283 g/mol. The number of thioether (sulfide) groups is 1. The summed E-state index contributed by atoms with van der Waals surface area (Å²) in [6.45, 7) is 5.30. The first-order valence-electron chi connectivity index (χ1n) is 6.93. The molecule has 0 aliphatic heterocycles. The van der Waals surface area contributed by atoms with Crippen molar-refractivity contribution in [2.45, 2.75) is 57.1 Å². The highest BCUT2D eigenvalue weighted by Crippen LogP contribution is 2.40. The number of rotatable bonds is 8. The van der Waals surface area contributed by atoms with Crippen molar-refractivity contribution in [2.75, 3.05) is 5.75 Å². The van der Waals surface area contributed by atoms with Crippen LogP contribution in [0.5, 0.6) is 0 Å². The second-order valence-electron chi connectivity index (χ2n) is 5.09. The van der Waals surface area contributed by atoms with Gasteiger partial charge in [0, 0.05) is 12.5 Å². The molecule has 1 aliphatic carbocycles. The largest absolute Gasteiger partial charge is 0.481 e. The van der Waals surface area contributed by atoms with Crippen molar-refractivity contribution in [3.8, 4) is 0 Å². The first kappa shape index (κ1) is 14.4. The van der Waals surface area contributed by atoms with Crippen LogP contribution in [0.25, 0.3) is 0 Å². The van der Waals surface area contributed by atoms with Crippen molar-refractivity contribution < 1.29 is 9.90 Å². The number of nitrogens with zero attached hydrogens (tertiary/aromatic N) is 3. The fourth-order valence-electron chi connectivity index (χ4n) is 2.15. The molecule has 106 valence electrons. The second kappa shape index (κ2) is 6.41. The maximum atomic E-state index is 10.7. The van der Waals surface area contributed by atoms with Gasteiger partial charge in [-0.1, -0.05) is 38.5 Å². The number of hydrogen-bond acceptors (Lipinski definition) is 4. The molecule has 0 unspecified atom stereocenters. The predicted molar refractivity (Wildman–Crippen MR) is 74.4 cm³/mol. The molecular formula is C13H21N3O2S. The van der Waals surface area contributed by atoms with Crippen LogP contribution in [0.15, 0.2) is 5.16 Å². The lowest BCUT2D eigenvalue weighted by molar-refractivity contribution is -0.133. The molecule has 0 atom stereocenters. The molecule has 0 bridgehead atoms. The molecule has 6 heteroatoms. The van der Waals surface area contributed by atoms with Crippen LogP contribution in [0.1, 0.15) is 51.3 Å². The average molecular weight is 283 g/mol. The molecular weight excluding hydrogens is 262 g/mol. The topological polar surface area (TPSA) is 68.0 Å². The normalized spacial score (nSPS) is 15.1. The van der Waals surface area contributed by atoms with E-state index in [-0.39, 0.29) is 5.75 Å². The summed E-state index contributed by atoms with van der Waals surface area (Å²) < 4.78 is 2.16. The fraction of sp³-hybridized carbons (Fsp3) is 0.769. The molecule has 0 aromatic carbocycles. The standard InChI is InChI=1S/C13H21N3O2S/c1-3-9(4-2)7-16-12(10-5-6-10)14-15-13(16)19-8-11(17)18/h9-10H,3-8H2,1-2H3,(H,17,18). The van der Waals surface area contributed by atoms with Crippen LogP contribution in [0.2, 0.25) is 0 Å². The van der Waals surface area contributed by atoms with Crippen LogP contribution in [-0.2, 0) is 11.3 Å². The molecule has 1 aliphatic rings. The van der Waals surface area contributed by atoms with E-state index in [0.717, 1.165) is 30.4 Å². The van der Waals surface area contributed by atoms with Gasteiger partial charge in [-0.05, 0) is 18.8 Å². The predicted octanol–water partition coefficient (Wildman–Crippen LogP) is 2.77. The van der Waals surface area contributed by atoms with Gasteiger partial charge in [0.15, 0.2) is 5.16 Å². The van der Waals surface area contributed by atoms with Crippen LogP contribution >= 0.6 is 11.8 Å². The third-order valence-corrected chi connectivity index (χ3v) is 4.56. The Kier molecular flexibility index (Phi) is 4.85. The summed E-state index contributed by atoms with van der Waals surface area (Å²) in [5.41, 5.74) is 0. The van der Waals surface area contributed by atoms with E-state index >= 15 is 0 Å². The molecule has 1 fully saturated rings. The number of carboxylic acid groups (broad SMARTS) is 1. The molecule has 0 saturated heterocycles. The van der Waals surface area contributed by atoms with E-state index < -0.39 is 5.97 Å². The van der Waals surface area contributed by atoms with Gasteiger partial charge in [0.2, 0.25) is 0 Å². The lowest BCUT2D eigenvalue weighted by Gasteiger charge is -2.16. The van der Waals surface area contributed by atoms with Crippen molar-refractivity contribution in [3.05, 3.63) is 5.82 Å². The van der Waals surface area contributed by atoms with Gasteiger partial charge in [-0.2, -0.15) is 0 Å². The molecule has 2 rings (SSSR count). The van der Waals surface area contributed by atoms with Crippen LogP contribution in [-0.4, -0.2) is 31.6 Å². The molecule has 1 saturated carbocycles. The number of hydrogen-bond donors (Lipinski definition) is 1. The third-order valence-electron chi connectivity index (χ3n) is 3.61. The lowest BCUT2D eigenvalue weighted by atomic mass is 10.0. The Morgan fingerprint density at radius 2 is 2.11 bits per heavy atom. The smallest absolute Gasteiger partial charge is 0.313 e. The summed E-state index contributed by atoms with van der Waals surface area (Å²) in [5.74, 6) is 1.44. The van der Waals surface area contributed by atoms with Gasteiger partial charge in [-0.15, -0.1) is 10.2 Å². The van der Waals surface area contributed by atoms with Gasteiger partial charge in [0.25, 0.3) is 0 Å². The van der Waals surface area contributed by atoms with Crippen molar-refractivity contribution >= 4 is 17.7 Å². The van der Waals surface area contributed by atoms with E-state index in [4.69, 9.17) is 5.11 Å². The first-order valence-corrected chi connectivity index (χ1v) is 7.91. The van der Waals surface area contributed by atoms with Gasteiger partial charge < -0.3 is 9.67 Å². The molecule has 1 aromatic heterocycles. The summed E-state index contributed by atoms with van der Waals surface area (Å²) in [6.07, 6.45) is 4.62. The molecule has 1 N–H and O–H groups in total. The van der Waals surface area contributed by atoms with Gasteiger partial charge in [0.05, 0.1) is 5.75 Å². The van der Waals surface area contributed by atoms with E-state index in [1.165, 1.54) is 24.6 Å². The second-order valence-corrected chi connectivity index (χ2v) is 6.03. The molecule has 0 amide bonds. The summed E-state index contributed by atoms with van der Waals surface area (Å²) in [6, 6.07) is 0. The van der Waals surface area contributed by atoms with Gasteiger partial charge in [0.1, 0.15) is 5.82 Å². The molecule has 1 aromatic rings. The van der Waals surface area contributed by atoms with Crippen LogP contribution in [0.3, 0.4) is 0 Å². The lowest BCUT2D eigenvalue weighted by Crippen LogP contribution is -2.13. The van der Waals surface area contributed by atoms with Gasteiger partial charge in [-0.3, -0.25) is 4.79 Å². The highest BCUT2D eigenvalue weighted by atomic mass is 32.2. The minimum absolute atomic E-state index is 0.0473. The molecule has 0 radical (unpaired) electrons. The van der Waals surface area contributed by atoms with E-state index in [2.05, 4.69) is 28.6 Å². The van der Waals surface area contributed by atoms with Gasteiger partial charge >= 0.3 is 5.97 Å². The maximum absolute atomic E-state index is 10.7. The highest BCUT2D eigenvalue weighted by molar-refractivity contribution is 7.99. The van der Waals surface area contributed by atoms with E-state index in [9.17, 15) is 4.79 Å². The zero-order valence-corrected chi connectivity index (χ0v) is 12.3. The number of aliphatic carboxylic acids is 1. The maximum Gasteiger partial charge on any atom is 0.313 e. The summed E-state index contributed by atoms with van der Waals surface area (Å²) >= 11 is 1.27. The van der Waals surface area contributed by atoms with Crippen LogP contribution < -0.4 is 0 Å². The summed E-state index contributed by atoms with van der Waals surface area (Å²) in [5, 5.41) is 18.0. The van der Waals surface area contributed by atoms with Crippen LogP contribution in [0, 0.1) is 5.92 Å². The Balaban J connectivity index is 2.15. The van der Waals surface area contributed by atoms with Crippen molar-refractivity contribution in [2.24, 2.45) is 5.92 Å². The Morgan fingerprint density at radius 1 is 1.42 bits per heavy atom. The zero-order chi connectivity index (χ0) is 13.8. The SMILES string of the molecule is CCC(CC)Cn1c(SCC(=O)O)nnc1C1CC1. The Hall–Kier alpha value is -1.04. The molecule has 19 heavy (non-hydrogen) atoms. The van der Waals surface area contributed by atoms with E-state index in [1.807, 2.05) is 0 Å².